The minimum atomic E-state index is -0.0629. The number of aryl methyl sites for hydroxylation is 1. The lowest BCUT2D eigenvalue weighted by molar-refractivity contribution is -0.128. The fourth-order valence-corrected chi connectivity index (χ4v) is 7.18. The predicted molar refractivity (Wildman–Crippen MR) is 113 cm³/mol. The summed E-state index contributed by atoms with van der Waals surface area (Å²) in [4.78, 5) is 27.7. The van der Waals surface area contributed by atoms with Crippen LogP contribution in [0.4, 0.5) is 0 Å². The molecule has 4 nitrogen and oxygen atoms in total. The van der Waals surface area contributed by atoms with Crippen molar-refractivity contribution in [3.63, 3.8) is 0 Å². The van der Waals surface area contributed by atoms with Crippen molar-refractivity contribution in [2.24, 2.45) is 29.1 Å². The van der Waals surface area contributed by atoms with Crippen molar-refractivity contribution < 1.29 is 9.59 Å². The zero-order chi connectivity index (χ0) is 20.0. The predicted octanol–water partition coefficient (Wildman–Crippen LogP) is 4.18. The van der Waals surface area contributed by atoms with Crippen LogP contribution >= 0.6 is 0 Å². The molecule has 1 aromatic carbocycles. The van der Waals surface area contributed by atoms with Gasteiger partial charge in [0, 0.05) is 25.2 Å². The van der Waals surface area contributed by atoms with E-state index >= 15 is 0 Å². The van der Waals surface area contributed by atoms with Gasteiger partial charge in [-0.2, -0.15) is 0 Å². The molecule has 1 N–H and O–H groups in total. The zero-order valence-electron chi connectivity index (χ0n) is 17.7. The number of nitrogens with one attached hydrogen (secondary N) is 1. The number of benzene rings is 1. The number of likely N-dealkylation sites (tertiary alicyclic amines) is 1. The standard InChI is InChI=1S/C25H34N2O2/c1-17-4-6-21(7-5-17)24(29)27-8-2-3-22(15-27)23(28)26-16-25-12-18-9-19(13-25)11-20(10-18)14-25/h4-7,18-20,22H,2-3,8-16H2,1H3,(H,26,28). The largest absolute Gasteiger partial charge is 0.355 e. The van der Waals surface area contributed by atoms with Gasteiger partial charge in [-0.15, -0.1) is 0 Å². The van der Waals surface area contributed by atoms with E-state index in [9.17, 15) is 9.59 Å². The van der Waals surface area contributed by atoms with E-state index < -0.39 is 0 Å². The highest BCUT2D eigenvalue weighted by atomic mass is 16.2. The van der Waals surface area contributed by atoms with Crippen molar-refractivity contribution in [2.75, 3.05) is 19.6 Å². The Labute approximate surface area is 174 Å². The van der Waals surface area contributed by atoms with Gasteiger partial charge in [-0.3, -0.25) is 9.59 Å². The summed E-state index contributed by atoms with van der Waals surface area (Å²) in [5, 5.41) is 3.34. The fourth-order valence-electron chi connectivity index (χ4n) is 7.18. The van der Waals surface area contributed by atoms with Crippen molar-refractivity contribution in [3.8, 4) is 0 Å². The molecule has 1 atom stereocenters. The van der Waals surface area contributed by atoms with Crippen LogP contribution in [0.3, 0.4) is 0 Å². The van der Waals surface area contributed by atoms with Gasteiger partial charge >= 0.3 is 0 Å². The number of rotatable bonds is 4. The second-order valence-electron chi connectivity index (χ2n) is 10.6. The molecular formula is C25H34N2O2. The molecule has 0 radical (unpaired) electrons. The van der Waals surface area contributed by atoms with Gasteiger partial charge in [0.05, 0.1) is 5.92 Å². The van der Waals surface area contributed by atoms with E-state index in [0.29, 0.717) is 12.0 Å². The van der Waals surface area contributed by atoms with Crippen LogP contribution < -0.4 is 5.32 Å². The van der Waals surface area contributed by atoms with Gasteiger partial charge in [0.25, 0.3) is 5.91 Å². The van der Waals surface area contributed by atoms with Crippen LogP contribution in [-0.2, 0) is 4.79 Å². The van der Waals surface area contributed by atoms with Crippen LogP contribution in [0.15, 0.2) is 24.3 Å². The summed E-state index contributed by atoms with van der Waals surface area (Å²) < 4.78 is 0. The Hall–Kier alpha value is -1.84. The fraction of sp³-hybridized carbons (Fsp3) is 0.680. The normalized spacial score (nSPS) is 35.6. The molecule has 156 valence electrons. The van der Waals surface area contributed by atoms with Crippen LogP contribution in [0.25, 0.3) is 0 Å². The van der Waals surface area contributed by atoms with Crippen LogP contribution in [0, 0.1) is 36.0 Å². The molecule has 1 heterocycles. The van der Waals surface area contributed by atoms with Crippen molar-refractivity contribution >= 4 is 11.8 Å². The molecule has 1 saturated heterocycles. The first-order valence-corrected chi connectivity index (χ1v) is 11.6. The van der Waals surface area contributed by atoms with Crippen LogP contribution in [0.1, 0.15) is 67.3 Å². The smallest absolute Gasteiger partial charge is 0.253 e. The molecule has 4 saturated carbocycles. The summed E-state index contributed by atoms with van der Waals surface area (Å²) in [5.74, 6) is 2.90. The number of hydrogen-bond acceptors (Lipinski definition) is 2. The van der Waals surface area contributed by atoms with Crippen molar-refractivity contribution in [3.05, 3.63) is 35.4 Å². The van der Waals surface area contributed by atoms with Crippen molar-refractivity contribution in [2.45, 2.75) is 58.3 Å². The molecule has 5 aliphatic rings. The zero-order valence-corrected chi connectivity index (χ0v) is 17.7. The molecule has 1 aliphatic heterocycles. The van der Waals surface area contributed by atoms with Gasteiger partial charge in [0.2, 0.25) is 5.91 Å². The first kappa shape index (κ1) is 19.1. The van der Waals surface area contributed by atoms with Gasteiger partial charge < -0.3 is 10.2 Å². The molecule has 0 aromatic heterocycles. The van der Waals surface area contributed by atoms with E-state index in [1.807, 2.05) is 36.1 Å². The molecule has 1 unspecified atom stereocenters. The third-order valence-electron chi connectivity index (χ3n) is 8.18. The summed E-state index contributed by atoms with van der Waals surface area (Å²) in [6, 6.07) is 7.75. The number of carbonyl (C=O) groups excluding carboxylic acids is 2. The summed E-state index contributed by atoms with van der Waals surface area (Å²) in [5.41, 5.74) is 2.25. The maximum absolute atomic E-state index is 13.0. The topological polar surface area (TPSA) is 49.4 Å². The minimum absolute atomic E-state index is 0.0589. The third-order valence-corrected chi connectivity index (χ3v) is 8.18. The Bertz CT molecular complexity index is 749. The second-order valence-corrected chi connectivity index (χ2v) is 10.6. The number of amides is 2. The highest BCUT2D eigenvalue weighted by Crippen LogP contribution is 2.59. The summed E-state index contributed by atoms with van der Waals surface area (Å²) >= 11 is 0. The molecule has 2 amide bonds. The maximum Gasteiger partial charge on any atom is 0.253 e. The molecule has 4 aliphatic carbocycles. The first-order valence-electron chi connectivity index (χ1n) is 11.6. The van der Waals surface area contributed by atoms with Gasteiger partial charge in [-0.05, 0) is 93.6 Å². The second kappa shape index (κ2) is 7.45. The van der Waals surface area contributed by atoms with E-state index in [-0.39, 0.29) is 17.7 Å². The quantitative estimate of drug-likeness (QED) is 0.833. The SMILES string of the molecule is Cc1ccc(C(=O)N2CCCC(C(=O)NCC34CC5CC(CC(C5)C3)C4)C2)cc1. The monoisotopic (exact) mass is 394 g/mol. The molecular weight excluding hydrogens is 360 g/mol. The first-order chi connectivity index (χ1) is 14.0. The van der Waals surface area contributed by atoms with Crippen LogP contribution in [-0.4, -0.2) is 36.3 Å². The maximum atomic E-state index is 13.0. The summed E-state index contributed by atoms with van der Waals surface area (Å²) in [6.07, 6.45) is 10.1. The Morgan fingerprint density at radius 2 is 1.66 bits per heavy atom. The molecule has 6 rings (SSSR count). The number of hydrogen-bond donors (Lipinski definition) is 1. The third kappa shape index (κ3) is 3.83. The Morgan fingerprint density at radius 1 is 1.03 bits per heavy atom. The summed E-state index contributed by atoms with van der Waals surface area (Å²) in [6.45, 7) is 4.20. The lowest BCUT2D eigenvalue weighted by Crippen LogP contribution is -2.52. The molecule has 0 spiro atoms. The Balaban J connectivity index is 1.18. The number of carbonyl (C=O) groups is 2. The lowest BCUT2D eigenvalue weighted by Gasteiger charge is -2.57. The van der Waals surface area contributed by atoms with E-state index in [1.165, 1.54) is 38.5 Å². The van der Waals surface area contributed by atoms with Crippen LogP contribution in [0.5, 0.6) is 0 Å². The van der Waals surface area contributed by atoms with Crippen molar-refractivity contribution in [1.29, 1.82) is 0 Å². The average Bonchev–Trinajstić information content (AvgIpc) is 2.71. The van der Waals surface area contributed by atoms with Crippen LogP contribution in [0.2, 0.25) is 0 Å². The van der Waals surface area contributed by atoms with Gasteiger partial charge in [-0.25, -0.2) is 0 Å². The van der Waals surface area contributed by atoms with E-state index in [1.54, 1.807) is 0 Å². The Morgan fingerprint density at radius 3 is 2.28 bits per heavy atom. The average molecular weight is 395 g/mol. The van der Waals surface area contributed by atoms with E-state index in [4.69, 9.17) is 0 Å². The van der Waals surface area contributed by atoms with Gasteiger partial charge in [0.15, 0.2) is 0 Å². The lowest BCUT2D eigenvalue weighted by atomic mass is 9.49. The van der Waals surface area contributed by atoms with Gasteiger partial charge in [0.1, 0.15) is 0 Å². The highest BCUT2D eigenvalue weighted by Gasteiger charge is 2.50. The van der Waals surface area contributed by atoms with Crippen molar-refractivity contribution in [1.82, 2.24) is 10.2 Å². The Kier molecular flexibility index (Phi) is 4.92. The summed E-state index contributed by atoms with van der Waals surface area (Å²) in [7, 11) is 0. The molecule has 4 bridgehead atoms. The molecule has 29 heavy (non-hydrogen) atoms. The minimum Gasteiger partial charge on any atom is -0.355 e. The molecule has 4 heteroatoms. The highest BCUT2D eigenvalue weighted by molar-refractivity contribution is 5.94. The number of nitrogens with zero attached hydrogens (tertiary/aromatic N) is 1. The van der Waals surface area contributed by atoms with E-state index in [0.717, 1.165) is 54.8 Å². The molecule has 5 fully saturated rings. The van der Waals surface area contributed by atoms with E-state index in [2.05, 4.69) is 5.32 Å². The molecule has 1 aromatic rings. The number of piperidine rings is 1. The van der Waals surface area contributed by atoms with Gasteiger partial charge in [-0.1, -0.05) is 17.7 Å².